The highest BCUT2D eigenvalue weighted by Gasteiger charge is 2.16. The molecule has 9 heteroatoms. The molecule has 2 aromatic carbocycles. The highest BCUT2D eigenvalue weighted by atomic mass is 19.1. The van der Waals surface area contributed by atoms with E-state index in [1.165, 1.54) is 12.3 Å². The van der Waals surface area contributed by atoms with Gasteiger partial charge in [-0.1, -0.05) is 52.8 Å². The Morgan fingerprint density at radius 2 is 2.03 bits per heavy atom. The molecule has 2 heterocycles. The van der Waals surface area contributed by atoms with Gasteiger partial charge in [0.1, 0.15) is 5.82 Å². The van der Waals surface area contributed by atoms with Crippen molar-refractivity contribution in [2.75, 3.05) is 0 Å². The number of rotatable bonds is 6. The van der Waals surface area contributed by atoms with Crippen molar-refractivity contribution >= 4 is 5.97 Å². The molecule has 0 saturated carbocycles. The summed E-state index contributed by atoms with van der Waals surface area (Å²) in [6.45, 7) is 1.92. The molecule has 2 aromatic heterocycles. The van der Waals surface area contributed by atoms with E-state index in [1.54, 1.807) is 23.7 Å². The van der Waals surface area contributed by atoms with E-state index >= 15 is 0 Å². The average molecular weight is 393 g/mol. The standard InChI is InChI=1S/C20H16FN5O3/c1-13-7-8-15(9-16(13)21)19-22-18(29-24-19)12-28-20(27)17-11-26(25-23-17)10-14-5-3-2-4-6-14/h2-9,11H,10,12H2,1H3. The quantitative estimate of drug-likeness (QED) is 0.464. The third-order valence-electron chi connectivity index (χ3n) is 4.16. The Hall–Kier alpha value is -3.88. The van der Waals surface area contributed by atoms with Gasteiger partial charge in [-0.2, -0.15) is 4.98 Å². The summed E-state index contributed by atoms with van der Waals surface area (Å²) in [6.07, 6.45) is 1.50. The Bertz CT molecular complexity index is 1140. The van der Waals surface area contributed by atoms with Crippen LogP contribution in [0.3, 0.4) is 0 Å². The number of aryl methyl sites for hydroxylation is 1. The van der Waals surface area contributed by atoms with Gasteiger partial charge in [0.05, 0.1) is 12.7 Å². The second-order valence-electron chi connectivity index (χ2n) is 6.34. The highest BCUT2D eigenvalue weighted by Crippen LogP contribution is 2.19. The molecule has 0 unspecified atom stereocenters. The molecule has 0 atom stereocenters. The second-order valence-corrected chi connectivity index (χ2v) is 6.34. The molecule has 0 N–H and O–H groups in total. The van der Waals surface area contributed by atoms with Crippen molar-refractivity contribution in [3.8, 4) is 11.4 Å². The highest BCUT2D eigenvalue weighted by molar-refractivity contribution is 5.86. The summed E-state index contributed by atoms with van der Waals surface area (Å²) in [7, 11) is 0. The fraction of sp³-hybridized carbons (Fsp3) is 0.150. The molecule has 0 bridgehead atoms. The van der Waals surface area contributed by atoms with Crippen LogP contribution in [0, 0.1) is 12.7 Å². The molecule has 0 radical (unpaired) electrons. The lowest BCUT2D eigenvalue weighted by atomic mass is 10.1. The average Bonchev–Trinajstić information content (AvgIpc) is 3.39. The molecule has 4 rings (SSSR count). The zero-order chi connectivity index (χ0) is 20.2. The van der Waals surface area contributed by atoms with Crippen LogP contribution >= 0.6 is 0 Å². The molecule has 4 aromatic rings. The molecule has 0 saturated heterocycles. The van der Waals surface area contributed by atoms with Crippen molar-refractivity contribution < 1.29 is 18.4 Å². The van der Waals surface area contributed by atoms with Crippen molar-refractivity contribution in [1.29, 1.82) is 0 Å². The van der Waals surface area contributed by atoms with E-state index in [-0.39, 0.29) is 29.8 Å². The van der Waals surface area contributed by atoms with Crippen LogP contribution < -0.4 is 0 Å². The van der Waals surface area contributed by atoms with Crippen LogP contribution in [-0.2, 0) is 17.9 Å². The summed E-state index contributed by atoms with van der Waals surface area (Å²) in [6, 6.07) is 14.3. The van der Waals surface area contributed by atoms with Crippen molar-refractivity contribution in [1.82, 2.24) is 25.1 Å². The summed E-state index contributed by atoms with van der Waals surface area (Å²) in [5, 5.41) is 11.5. The van der Waals surface area contributed by atoms with Crippen LogP contribution in [0.25, 0.3) is 11.4 Å². The second kappa shape index (κ2) is 8.01. The molecule has 0 fully saturated rings. The van der Waals surface area contributed by atoms with Gasteiger partial charge in [0.25, 0.3) is 5.89 Å². The van der Waals surface area contributed by atoms with E-state index in [4.69, 9.17) is 9.26 Å². The number of halogens is 1. The maximum absolute atomic E-state index is 13.7. The fourth-order valence-electron chi connectivity index (χ4n) is 2.60. The Labute approximate surface area is 164 Å². The first kappa shape index (κ1) is 18.5. The van der Waals surface area contributed by atoms with Crippen LogP contribution in [0.5, 0.6) is 0 Å². The molecule has 146 valence electrons. The van der Waals surface area contributed by atoms with Gasteiger partial charge in [0.15, 0.2) is 12.3 Å². The van der Waals surface area contributed by atoms with E-state index in [9.17, 15) is 9.18 Å². The molecule has 0 aliphatic carbocycles. The molecule has 0 spiro atoms. The van der Waals surface area contributed by atoms with Crippen LogP contribution in [0.2, 0.25) is 0 Å². The number of nitrogens with zero attached hydrogens (tertiary/aromatic N) is 5. The number of carbonyl (C=O) groups is 1. The van der Waals surface area contributed by atoms with Crippen molar-refractivity contribution in [2.45, 2.75) is 20.1 Å². The minimum atomic E-state index is -0.662. The maximum atomic E-state index is 13.7. The van der Waals surface area contributed by atoms with Gasteiger partial charge in [-0.3, -0.25) is 0 Å². The monoisotopic (exact) mass is 393 g/mol. The zero-order valence-corrected chi connectivity index (χ0v) is 15.4. The molecule has 29 heavy (non-hydrogen) atoms. The summed E-state index contributed by atoms with van der Waals surface area (Å²) >= 11 is 0. The van der Waals surface area contributed by atoms with Crippen LogP contribution in [0.4, 0.5) is 4.39 Å². The van der Waals surface area contributed by atoms with Gasteiger partial charge < -0.3 is 9.26 Å². The summed E-state index contributed by atoms with van der Waals surface area (Å²) in [4.78, 5) is 16.3. The van der Waals surface area contributed by atoms with Gasteiger partial charge in [-0.05, 0) is 24.1 Å². The summed E-state index contributed by atoms with van der Waals surface area (Å²) in [5.74, 6) is -0.723. The van der Waals surface area contributed by atoms with Crippen LogP contribution in [0.15, 0.2) is 59.3 Å². The van der Waals surface area contributed by atoms with Gasteiger partial charge in [0.2, 0.25) is 5.82 Å². The lowest BCUT2D eigenvalue weighted by molar-refractivity contribution is 0.0422. The lowest BCUT2D eigenvalue weighted by Crippen LogP contribution is -2.06. The maximum Gasteiger partial charge on any atom is 0.361 e. The zero-order valence-electron chi connectivity index (χ0n) is 15.4. The predicted molar refractivity (Wildman–Crippen MR) is 99.1 cm³/mol. The van der Waals surface area contributed by atoms with Gasteiger partial charge >= 0.3 is 5.97 Å². The minimum absolute atomic E-state index is 0.0706. The van der Waals surface area contributed by atoms with E-state index in [2.05, 4.69) is 20.5 Å². The number of hydrogen-bond donors (Lipinski definition) is 0. The largest absolute Gasteiger partial charge is 0.451 e. The first-order valence-corrected chi connectivity index (χ1v) is 8.79. The smallest absolute Gasteiger partial charge is 0.361 e. The van der Waals surface area contributed by atoms with E-state index in [0.29, 0.717) is 17.7 Å². The number of aromatic nitrogens is 5. The van der Waals surface area contributed by atoms with E-state index < -0.39 is 5.97 Å². The van der Waals surface area contributed by atoms with Crippen LogP contribution in [-0.4, -0.2) is 31.1 Å². The lowest BCUT2D eigenvalue weighted by Gasteiger charge is -1.99. The van der Waals surface area contributed by atoms with Gasteiger partial charge in [0, 0.05) is 5.56 Å². The molecular weight excluding hydrogens is 377 g/mol. The van der Waals surface area contributed by atoms with E-state index in [0.717, 1.165) is 5.56 Å². The Morgan fingerprint density at radius 3 is 2.83 bits per heavy atom. The van der Waals surface area contributed by atoms with Crippen molar-refractivity contribution in [2.24, 2.45) is 0 Å². The topological polar surface area (TPSA) is 95.9 Å². The SMILES string of the molecule is Cc1ccc(-c2noc(COC(=O)c3cn(Cc4ccccc4)nn3)n2)cc1F. The third kappa shape index (κ3) is 4.34. The molecule has 0 amide bonds. The molecular formula is C20H16FN5O3. The molecule has 0 aliphatic heterocycles. The predicted octanol–water partition coefficient (Wildman–Crippen LogP) is 3.18. The number of esters is 1. The Balaban J connectivity index is 1.36. The molecule has 0 aliphatic rings. The normalized spacial score (nSPS) is 10.8. The first-order chi connectivity index (χ1) is 14.1. The fourth-order valence-corrected chi connectivity index (χ4v) is 2.60. The number of hydrogen-bond acceptors (Lipinski definition) is 7. The minimum Gasteiger partial charge on any atom is -0.451 e. The molecule has 8 nitrogen and oxygen atoms in total. The summed E-state index contributed by atoms with van der Waals surface area (Å²) < 4.78 is 25.4. The van der Waals surface area contributed by atoms with Crippen molar-refractivity contribution in [3.63, 3.8) is 0 Å². The summed E-state index contributed by atoms with van der Waals surface area (Å²) in [5.41, 5.74) is 2.09. The number of carbonyl (C=O) groups excluding carboxylic acids is 1. The Kier molecular flexibility index (Phi) is 5.10. The van der Waals surface area contributed by atoms with Gasteiger partial charge in [-0.15, -0.1) is 5.10 Å². The third-order valence-corrected chi connectivity index (χ3v) is 4.16. The van der Waals surface area contributed by atoms with Crippen LogP contribution in [0.1, 0.15) is 27.5 Å². The Morgan fingerprint density at radius 1 is 1.21 bits per heavy atom. The number of ether oxygens (including phenoxy) is 1. The number of benzene rings is 2. The van der Waals surface area contributed by atoms with E-state index in [1.807, 2.05) is 30.3 Å². The van der Waals surface area contributed by atoms with Gasteiger partial charge in [-0.25, -0.2) is 13.9 Å². The van der Waals surface area contributed by atoms with Crippen molar-refractivity contribution in [3.05, 3.63) is 83.3 Å². The first-order valence-electron chi connectivity index (χ1n) is 8.79.